The van der Waals surface area contributed by atoms with E-state index in [1.807, 2.05) is 6.07 Å². The molecule has 0 aromatic heterocycles. The summed E-state index contributed by atoms with van der Waals surface area (Å²) in [5.74, 6) is -1.18. The second kappa shape index (κ2) is 8.29. The van der Waals surface area contributed by atoms with Gasteiger partial charge in [0.15, 0.2) is 11.6 Å². The molecule has 1 aliphatic heterocycles. The number of methoxy groups -OCH3 is 1. The molecule has 1 saturated heterocycles. The van der Waals surface area contributed by atoms with E-state index < -0.39 is 5.97 Å². The van der Waals surface area contributed by atoms with Crippen LogP contribution in [0.1, 0.15) is 50.6 Å². The minimum Gasteiger partial charge on any atom is -0.494 e. The summed E-state index contributed by atoms with van der Waals surface area (Å²) in [7, 11) is 1.45. The summed E-state index contributed by atoms with van der Waals surface area (Å²) < 4.78 is 19.1. The molecule has 1 heterocycles. The highest BCUT2D eigenvalue weighted by Gasteiger charge is 2.30. The fourth-order valence-electron chi connectivity index (χ4n) is 3.34. The number of rotatable bonds is 7. The molecule has 0 bridgehead atoms. The van der Waals surface area contributed by atoms with Crippen molar-refractivity contribution in [2.24, 2.45) is 5.92 Å². The number of carbonyl (C=O) groups is 1. The summed E-state index contributed by atoms with van der Waals surface area (Å²) in [4.78, 5) is 13.5. The number of hydrogen-bond donors (Lipinski definition) is 1. The van der Waals surface area contributed by atoms with E-state index in [4.69, 9.17) is 4.74 Å². The number of carboxylic acid groups (broad SMARTS) is 1. The molecule has 0 amide bonds. The van der Waals surface area contributed by atoms with Crippen molar-refractivity contribution in [1.82, 2.24) is 4.90 Å². The van der Waals surface area contributed by atoms with Gasteiger partial charge < -0.3 is 9.84 Å². The molecule has 1 aliphatic rings. The van der Waals surface area contributed by atoms with E-state index >= 15 is 0 Å². The van der Waals surface area contributed by atoms with Gasteiger partial charge in [0.1, 0.15) is 0 Å². The van der Waals surface area contributed by atoms with Gasteiger partial charge in [0, 0.05) is 12.6 Å². The van der Waals surface area contributed by atoms with E-state index in [9.17, 15) is 14.3 Å². The molecule has 0 radical (unpaired) electrons. The Morgan fingerprint density at radius 3 is 2.91 bits per heavy atom. The molecular weight excluding hydrogens is 297 g/mol. The number of nitrogens with zero attached hydrogens (tertiary/aromatic N) is 1. The predicted octanol–water partition coefficient (Wildman–Crippen LogP) is 3.86. The number of likely N-dealkylation sites (tertiary alicyclic amines) is 1. The monoisotopic (exact) mass is 323 g/mol. The summed E-state index contributed by atoms with van der Waals surface area (Å²) in [6.07, 6.45) is 4.61. The molecule has 2 unspecified atom stereocenters. The van der Waals surface area contributed by atoms with Gasteiger partial charge in [-0.1, -0.05) is 25.8 Å². The number of hydrogen-bond acceptors (Lipinski definition) is 3. The summed E-state index contributed by atoms with van der Waals surface area (Å²) in [6.45, 7) is 3.53. The highest BCUT2D eigenvalue weighted by molar-refractivity contribution is 5.70. The van der Waals surface area contributed by atoms with Gasteiger partial charge >= 0.3 is 5.97 Å². The molecule has 1 aromatic rings. The van der Waals surface area contributed by atoms with Crippen LogP contribution in [0.25, 0.3) is 0 Å². The van der Waals surface area contributed by atoms with Crippen molar-refractivity contribution in [3.63, 3.8) is 0 Å². The van der Waals surface area contributed by atoms with Crippen LogP contribution in [0.3, 0.4) is 0 Å². The van der Waals surface area contributed by atoms with Crippen LogP contribution in [0.2, 0.25) is 0 Å². The van der Waals surface area contributed by atoms with Crippen molar-refractivity contribution < 1.29 is 19.0 Å². The number of aliphatic carboxylic acids is 1. The Kier molecular flexibility index (Phi) is 6.39. The van der Waals surface area contributed by atoms with Crippen molar-refractivity contribution in [3.8, 4) is 5.75 Å². The molecule has 0 aliphatic carbocycles. The summed E-state index contributed by atoms with van der Waals surface area (Å²) >= 11 is 0. The van der Waals surface area contributed by atoms with E-state index in [0.29, 0.717) is 6.54 Å². The number of piperidine rings is 1. The highest BCUT2D eigenvalue weighted by atomic mass is 19.1. The maximum absolute atomic E-state index is 14.1. The maximum atomic E-state index is 14.1. The Hall–Kier alpha value is -1.62. The van der Waals surface area contributed by atoms with Crippen LogP contribution < -0.4 is 4.74 Å². The molecule has 2 rings (SSSR count). The van der Waals surface area contributed by atoms with E-state index in [-0.39, 0.29) is 23.5 Å². The van der Waals surface area contributed by atoms with Crippen molar-refractivity contribution in [2.45, 2.75) is 45.1 Å². The van der Waals surface area contributed by atoms with Gasteiger partial charge in [-0.15, -0.1) is 0 Å². The van der Waals surface area contributed by atoms with Gasteiger partial charge in [-0.2, -0.15) is 0 Å². The Morgan fingerprint density at radius 2 is 2.30 bits per heavy atom. The lowest BCUT2D eigenvalue weighted by atomic mass is 9.92. The quantitative estimate of drug-likeness (QED) is 0.828. The SMILES string of the molecule is CCCCC(c1ccc(OC)c(F)c1)N1CCCC(C(=O)O)C1. The number of carboxylic acids is 1. The Morgan fingerprint density at radius 1 is 1.52 bits per heavy atom. The van der Waals surface area contributed by atoms with Crippen molar-refractivity contribution in [1.29, 1.82) is 0 Å². The second-order valence-corrected chi connectivity index (χ2v) is 6.22. The van der Waals surface area contributed by atoms with Crippen LogP contribution in [0.4, 0.5) is 4.39 Å². The minimum atomic E-state index is -0.732. The molecule has 4 nitrogen and oxygen atoms in total. The van der Waals surface area contributed by atoms with Gasteiger partial charge in [-0.05, 0) is 43.5 Å². The van der Waals surface area contributed by atoms with Crippen LogP contribution in [-0.2, 0) is 4.79 Å². The predicted molar refractivity (Wildman–Crippen MR) is 87.2 cm³/mol. The van der Waals surface area contributed by atoms with Gasteiger partial charge in [-0.3, -0.25) is 9.69 Å². The zero-order chi connectivity index (χ0) is 16.8. The number of benzene rings is 1. The van der Waals surface area contributed by atoms with Crippen molar-refractivity contribution in [2.75, 3.05) is 20.2 Å². The number of ether oxygens (including phenoxy) is 1. The molecule has 1 N–H and O–H groups in total. The standard InChI is InChI=1S/C18H26FNO3/c1-3-4-7-16(13-8-9-17(23-2)15(19)11-13)20-10-5-6-14(12-20)18(21)22/h8-9,11,14,16H,3-7,10,12H2,1-2H3,(H,21,22). The van der Waals surface area contributed by atoms with E-state index in [1.165, 1.54) is 13.2 Å². The first-order valence-corrected chi connectivity index (χ1v) is 8.37. The topological polar surface area (TPSA) is 49.8 Å². The van der Waals surface area contributed by atoms with Crippen LogP contribution in [0.15, 0.2) is 18.2 Å². The molecule has 0 saturated carbocycles. The highest BCUT2D eigenvalue weighted by Crippen LogP contribution is 2.32. The molecular formula is C18H26FNO3. The van der Waals surface area contributed by atoms with E-state index in [2.05, 4.69) is 11.8 Å². The zero-order valence-corrected chi connectivity index (χ0v) is 13.9. The first-order chi connectivity index (χ1) is 11.1. The molecule has 1 fully saturated rings. The van der Waals surface area contributed by atoms with Gasteiger partial charge in [0.05, 0.1) is 13.0 Å². The number of halogens is 1. The van der Waals surface area contributed by atoms with Crippen LogP contribution >= 0.6 is 0 Å². The fourth-order valence-corrected chi connectivity index (χ4v) is 3.34. The van der Waals surface area contributed by atoms with Crippen molar-refractivity contribution in [3.05, 3.63) is 29.6 Å². The average molecular weight is 323 g/mol. The third-order valence-corrected chi connectivity index (χ3v) is 4.63. The smallest absolute Gasteiger partial charge is 0.307 e. The molecule has 128 valence electrons. The van der Waals surface area contributed by atoms with Crippen molar-refractivity contribution >= 4 is 5.97 Å². The van der Waals surface area contributed by atoms with Crippen LogP contribution in [-0.4, -0.2) is 36.2 Å². The minimum absolute atomic E-state index is 0.0671. The summed E-state index contributed by atoms with van der Waals surface area (Å²) in [5.41, 5.74) is 0.905. The Labute approximate surface area is 137 Å². The average Bonchev–Trinajstić information content (AvgIpc) is 2.55. The summed E-state index contributed by atoms with van der Waals surface area (Å²) in [5, 5.41) is 9.29. The molecule has 1 aromatic carbocycles. The second-order valence-electron chi connectivity index (χ2n) is 6.22. The number of unbranched alkanes of at least 4 members (excludes halogenated alkanes) is 1. The third kappa shape index (κ3) is 4.44. The maximum Gasteiger partial charge on any atom is 0.307 e. The lowest BCUT2D eigenvalue weighted by Crippen LogP contribution is -2.41. The van der Waals surface area contributed by atoms with Gasteiger partial charge in [0.25, 0.3) is 0 Å². The first kappa shape index (κ1) is 17.7. The fraction of sp³-hybridized carbons (Fsp3) is 0.611. The molecule has 23 heavy (non-hydrogen) atoms. The van der Waals surface area contributed by atoms with Crippen LogP contribution in [0, 0.1) is 11.7 Å². The Bertz CT molecular complexity index is 535. The first-order valence-electron chi connectivity index (χ1n) is 8.37. The van der Waals surface area contributed by atoms with Gasteiger partial charge in [-0.25, -0.2) is 4.39 Å². The van der Waals surface area contributed by atoms with E-state index in [1.54, 1.807) is 6.07 Å². The zero-order valence-electron chi connectivity index (χ0n) is 13.9. The molecule has 2 atom stereocenters. The lowest BCUT2D eigenvalue weighted by Gasteiger charge is -2.37. The third-order valence-electron chi connectivity index (χ3n) is 4.63. The van der Waals surface area contributed by atoms with Crippen LogP contribution in [0.5, 0.6) is 5.75 Å². The molecule has 5 heteroatoms. The van der Waals surface area contributed by atoms with Gasteiger partial charge in [0.2, 0.25) is 0 Å². The largest absolute Gasteiger partial charge is 0.494 e. The molecule has 0 spiro atoms. The summed E-state index contributed by atoms with van der Waals surface area (Å²) in [6, 6.07) is 5.15. The van der Waals surface area contributed by atoms with E-state index in [0.717, 1.165) is 44.2 Å². The Balaban J connectivity index is 2.22. The lowest BCUT2D eigenvalue weighted by molar-refractivity contribution is -0.144. The normalized spacial score (nSPS) is 20.2.